The Morgan fingerprint density at radius 2 is 1.12 bits per heavy atom. The highest BCUT2D eigenvalue weighted by molar-refractivity contribution is 5.93. The molecule has 0 rings (SSSR count). The quantitative estimate of drug-likeness (QED) is 0.199. The second-order valence-electron chi connectivity index (χ2n) is 7.28. The van der Waals surface area contributed by atoms with E-state index < -0.39 is 17.9 Å². The first-order chi connectivity index (χ1) is 12.5. The molecule has 26 heavy (non-hydrogen) atoms. The highest BCUT2D eigenvalue weighted by atomic mass is 16.5. The number of hydrogen-bond donors (Lipinski definition) is 1. The Balaban J connectivity index is 3.34. The van der Waals surface area contributed by atoms with Gasteiger partial charge in [0, 0.05) is 7.11 Å². The van der Waals surface area contributed by atoms with Gasteiger partial charge in [0.1, 0.15) is 0 Å². The predicted octanol–water partition coefficient (Wildman–Crippen LogP) is 5.36. The van der Waals surface area contributed by atoms with Gasteiger partial charge >= 0.3 is 11.9 Å². The Morgan fingerprint density at radius 3 is 1.46 bits per heavy atom. The number of methoxy groups -OCH3 is 2. The Labute approximate surface area is 159 Å². The fourth-order valence-electron chi connectivity index (χ4n) is 3.15. The fraction of sp³-hybridized carbons (Fsp3) is 0.905. The van der Waals surface area contributed by atoms with E-state index in [2.05, 4.69) is 11.7 Å². The number of aliphatic carboxylic acids is 1. The zero-order valence-corrected chi connectivity index (χ0v) is 17.1. The van der Waals surface area contributed by atoms with E-state index in [1.54, 1.807) is 7.11 Å². The average Bonchev–Trinajstić information content (AvgIpc) is 2.63. The second kappa shape index (κ2) is 17.3. The lowest BCUT2D eigenvalue weighted by Crippen LogP contribution is -2.24. The molecule has 0 bridgehead atoms. The molecule has 0 aliphatic heterocycles. The van der Waals surface area contributed by atoms with E-state index in [4.69, 9.17) is 9.84 Å². The van der Waals surface area contributed by atoms with Gasteiger partial charge in [0.25, 0.3) is 0 Å². The molecule has 154 valence electrons. The SMILES string of the molecule is COC(=O)C(CCCCCCCCCCCCCCC(C)OC)C(=O)O. The van der Waals surface area contributed by atoms with E-state index in [9.17, 15) is 9.59 Å². The summed E-state index contributed by atoms with van der Waals surface area (Å²) in [4.78, 5) is 22.3. The van der Waals surface area contributed by atoms with Crippen LogP contribution in [0.5, 0.6) is 0 Å². The number of ether oxygens (including phenoxy) is 2. The summed E-state index contributed by atoms with van der Waals surface area (Å²) in [5.74, 6) is -2.71. The first kappa shape index (κ1) is 24.9. The van der Waals surface area contributed by atoms with Crippen LogP contribution in [0, 0.1) is 5.92 Å². The van der Waals surface area contributed by atoms with Crippen molar-refractivity contribution in [1.82, 2.24) is 0 Å². The number of carboxylic acid groups (broad SMARTS) is 1. The number of rotatable bonds is 18. The van der Waals surface area contributed by atoms with Crippen molar-refractivity contribution in [2.45, 2.75) is 103 Å². The first-order valence-electron chi connectivity index (χ1n) is 10.4. The number of esters is 1. The van der Waals surface area contributed by atoms with Gasteiger partial charge in [-0.15, -0.1) is 0 Å². The molecule has 0 saturated carbocycles. The summed E-state index contributed by atoms with van der Waals surface area (Å²) in [5.41, 5.74) is 0. The van der Waals surface area contributed by atoms with Crippen molar-refractivity contribution in [3.05, 3.63) is 0 Å². The van der Waals surface area contributed by atoms with Crippen molar-refractivity contribution >= 4 is 11.9 Å². The first-order valence-corrected chi connectivity index (χ1v) is 10.4. The molecule has 0 aromatic carbocycles. The van der Waals surface area contributed by atoms with E-state index >= 15 is 0 Å². The molecule has 0 aromatic rings. The molecule has 0 radical (unpaired) electrons. The van der Waals surface area contributed by atoms with Crippen LogP contribution in [0.25, 0.3) is 0 Å². The van der Waals surface area contributed by atoms with Gasteiger partial charge < -0.3 is 14.6 Å². The lowest BCUT2D eigenvalue weighted by molar-refractivity contribution is -0.157. The van der Waals surface area contributed by atoms with Crippen LogP contribution in [0.2, 0.25) is 0 Å². The summed E-state index contributed by atoms with van der Waals surface area (Å²) in [7, 11) is 3.01. The third kappa shape index (κ3) is 14.1. The highest BCUT2D eigenvalue weighted by Crippen LogP contribution is 2.16. The van der Waals surface area contributed by atoms with Gasteiger partial charge in [0.2, 0.25) is 0 Å². The largest absolute Gasteiger partial charge is 0.481 e. The summed E-state index contributed by atoms with van der Waals surface area (Å²) in [5, 5.41) is 9.00. The molecule has 0 aliphatic carbocycles. The van der Waals surface area contributed by atoms with Crippen LogP contribution < -0.4 is 0 Å². The molecule has 0 aromatic heterocycles. The van der Waals surface area contributed by atoms with Gasteiger partial charge in [-0.05, 0) is 19.8 Å². The summed E-state index contributed by atoms with van der Waals surface area (Å²) in [6.07, 6.45) is 16.5. The van der Waals surface area contributed by atoms with Crippen LogP contribution in [0.1, 0.15) is 96.8 Å². The van der Waals surface area contributed by atoms with Crippen LogP contribution in [0.15, 0.2) is 0 Å². The van der Waals surface area contributed by atoms with Crippen LogP contribution in [-0.2, 0) is 19.1 Å². The molecule has 5 heteroatoms. The number of unbranched alkanes of at least 4 members (excludes halogenated alkanes) is 11. The van der Waals surface area contributed by atoms with Crippen molar-refractivity contribution in [2.24, 2.45) is 5.92 Å². The molecule has 0 spiro atoms. The van der Waals surface area contributed by atoms with Crippen LogP contribution in [-0.4, -0.2) is 37.4 Å². The normalized spacial score (nSPS) is 13.3. The molecule has 0 saturated heterocycles. The van der Waals surface area contributed by atoms with E-state index in [0.717, 1.165) is 19.3 Å². The van der Waals surface area contributed by atoms with Crippen molar-refractivity contribution in [2.75, 3.05) is 14.2 Å². The molecule has 0 fully saturated rings. The van der Waals surface area contributed by atoms with Gasteiger partial charge in [0.15, 0.2) is 5.92 Å². The van der Waals surface area contributed by atoms with Crippen LogP contribution >= 0.6 is 0 Å². The van der Waals surface area contributed by atoms with Gasteiger partial charge in [-0.25, -0.2) is 0 Å². The van der Waals surface area contributed by atoms with E-state index in [-0.39, 0.29) is 0 Å². The third-order valence-corrected chi connectivity index (χ3v) is 5.04. The Kier molecular flexibility index (Phi) is 16.6. The molecule has 2 unspecified atom stereocenters. The number of carbonyl (C=O) groups excluding carboxylic acids is 1. The fourth-order valence-corrected chi connectivity index (χ4v) is 3.15. The average molecular weight is 373 g/mol. The molecule has 5 nitrogen and oxygen atoms in total. The third-order valence-electron chi connectivity index (χ3n) is 5.04. The summed E-state index contributed by atoms with van der Waals surface area (Å²) in [6, 6.07) is 0. The van der Waals surface area contributed by atoms with Gasteiger partial charge in [-0.2, -0.15) is 0 Å². The van der Waals surface area contributed by atoms with Gasteiger partial charge in [0.05, 0.1) is 13.2 Å². The zero-order valence-electron chi connectivity index (χ0n) is 17.1. The van der Waals surface area contributed by atoms with E-state index in [0.29, 0.717) is 12.5 Å². The Hall–Kier alpha value is -1.10. The number of carbonyl (C=O) groups is 2. The standard InChI is InChI=1S/C21H40O5/c1-18(25-2)16-14-12-10-8-6-4-5-7-9-11-13-15-17-19(20(22)23)21(24)26-3/h18-19H,4-17H2,1-3H3,(H,22,23). The van der Waals surface area contributed by atoms with Crippen molar-refractivity contribution < 1.29 is 24.2 Å². The van der Waals surface area contributed by atoms with E-state index in [1.165, 1.54) is 71.3 Å². The predicted molar refractivity (Wildman–Crippen MR) is 104 cm³/mol. The smallest absolute Gasteiger partial charge is 0.320 e. The number of carboxylic acids is 1. The minimum Gasteiger partial charge on any atom is -0.481 e. The lowest BCUT2D eigenvalue weighted by Gasteiger charge is -2.09. The van der Waals surface area contributed by atoms with Crippen molar-refractivity contribution in [3.8, 4) is 0 Å². The van der Waals surface area contributed by atoms with Crippen LogP contribution in [0.4, 0.5) is 0 Å². The minimum absolute atomic E-state index is 0.380. The molecule has 1 N–H and O–H groups in total. The zero-order chi connectivity index (χ0) is 19.6. The molecule has 2 atom stereocenters. The highest BCUT2D eigenvalue weighted by Gasteiger charge is 2.26. The van der Waals surface area contributed by atoms with Crippen molar-refractivity contribution in [1.29, 1.82) is 0 Å². The second-order valence-corrected chi connectivity index (χ2v) is 7.28. The molecule has 0 heterocycles. The summed E-state index contributed by atoms with van der Waals surface area (Å²) < 4.78 is 9.78. The Morgan fingerprint density at radius 1 is 0.731 bits per heavy atom. The molecule has 0 aliphatic rings. The van der Waals surface area contributed by atoms with Gasteiger partial charge in [-0.1, -0.05) is 77.0 Å². The summed E-state index contributed by atoms with van der Waals surface area (Å²) in [6.45, 7) is 2.13. The summed E-state index contributed by atoms with van der Waals surface area (Å²) >= 11 is 0. The molecule has 0 amide bonds. The molecular weight excluding hydrogens is 332 g/mol. The monoisotopic (exact) mass is 372 g/mol. The number of hydrogen-bond acceptors (Lipinski definition) is 4. The Bertz CT molecular complexity index is 356. The van der Waals surface area contributed by atoms with Crippen molar-refractivity contribution in [3.63, 3.8) is 0 Å². The van der Waals surface area contributed by atoms with Gasteiger partial charge in [-0.3, -0.25) is 9.59 Å². The maximum atomic E-state index is 11.3. The maximum Gasteiger partial charge on any atom is 0.320 e. The maximum absolute atomic E-state index is 11.3. The molecular formula is C21H40O5. The topological polar surface area (TPSA) is 72.8 Å². The minimum atomic E-state index is -1.08. The lowest BCUT2D eigenvalue weighted by atomic mass is 10.00. The van der Waals surface area contributed by atoms with E-state index in [1.807, 2.05) is 0 Å². The van der Waals surface area contributed by atoms with Crippen LogP contribution in [0.3, 0.4) is 0 Å².